The molecule has 3 aliphatic heterocycles. The Hall–Kier alpha value is -5.42. The van der Waals surface area contributed by atoms with Crippen LogP contribution in [0.4, 0.5) is 11.4 Å². The molecule has 5 aliphatic rings. The van der Waals surface area contributed by atoms with Gasteiger partial charge in [-0.1, -0.05) is 91.3 Å². The van der Waals surface area contributed by atoms with Crippen molar-refractivity contribution in [2.45, 2.75) is 24.3 Å². The van der Waals surface area contributed by atoms with Gasteiger partial charge in [0, 0.05) is 44.4 Å². The van der Waals surface area contributed by atoms with Crippen molar-refractivity contribution in [1.82, 2.24) is 4.98 Å². The first-order valence-electron chi connectivity index (χ1n) is 16.8. The molecule has 1 radical (unpaired) electrons. The number of anilines is 2. The summed E-state index contributed by atoms with van der Waals surface area (Å²) in [4.78, 5) is 6.60. The molecule has 6 heterocycles. The van der Waals surface area contributed by atoms with Crippen LogP contribution in [0.25, 0.3) is 66.0 Å². The van der Waals surface area contributed by atoms with Crippen molar-refractivity contribution in [2.24, 2.45) is 11.8 Å². The Labute approximate surface area is 270 Å². The Morgan fingerprint density at radius 3 is 2.57 bits per heavy atom. The largest absolute Gasteiger partial charge is 0.456 e. The lowest BCUT2D eigenvalue weighted by Gasteiger charge is -2.43. The summed E-state index contributed by atoms with van der Waals surface area (Å²) >= 11 is 0. The average Bonchev–Trinajstić information content (AvgIpc) is 3.88. The monoisotopic (exact) mass is 601 g/mol. The van der Waals surface area contributed by atoms with Gasteiger partial charge >= 0.3 is 0 Å². The average molecular weight is 601 g/mol. The van der Waals surface area contributed by atoms with Gasteiger partial charge in [0.25, 0.3) is 0 Å². The van der Waals surface area contributed by atoms with Crippen molar-refractivity contribution in [3.63, 3.8) is 0 Å². The van der Waals surface area contributed by atoms with Gasteiger partial charge in [-0.05, 0) is 64.3 Å². The summed E-state index contributed by atoms with van der Waals surface area (Å²) in [7, 11) is 2.46. The lowest BCUT2D eigenvalue weighted by molar-refractivity contribution is 0.351. The van der Waals surface area contributed by atoms with Crippen LogP contribution < -0.4 is 15.8 Å². The van der Waals surface area contributed by atoms with E-state index in [0.29, 0.717) is 23.8 Å². The van der Waals surface area contributed by atoms with Crippen LogP contribution in [-0.2, 0) is 5.41 Å². The maximum atomic E-state index is 6.88. The second kappa shape index (κ2) is 7.58. The Bertz CT molecular complexity index is 2850. The SMILES string of the molecule is CC12c3cccc4oc5cc(-c6cccc7c6[nH]c6c8ccccc8oc76)c6c(c5c34)N3c4c(cccc4C(C4C=CC=CC41)C32)[B]6. The molecule has 5 atom stereocenters. The van der Waals surface area contributed by atoms with E-state index in [9.17, 15) is 0 Å². The number of H-pyrrole nitrogens is 1. The molecule has 13 rings (SSSR count). The number of nitrogens with one attached hydrogen (secondary N) is 1. The standard InChI is InChI=1S/C42H26BN2O2/c1-42-26-14-4-2-9-21(26)32-23-12-7-16-28-38(23)45(41(32)42)39-34-31(46-30-18-8-15-27(42)33(30)34)19-25(35(39)43-28)20-11-6-13-24-36(20)44-37-22-10-3-5-17-29(22)47-40(24)37/h2-19,21,26,32,41,44H,1H3. The minimum absolute atomic E-state index is 0.109. The van der Waals surface area contributed by atoms with Crippen molar-refractivity contribution in [2.75, 3.05) is 4.90 Å². The van der Waals surface area contributed by atoms with E-state index >= 15 is 0 Å². The van der Waals surface area contributed by atoms with Gasteiger partial charge in [-0.3, -0.25) is 0 Å². The number of allylic oxidation sites excluding steroid dienone is 4. The molecule has 3 aromatic heterocycles. The molecule has 0 spiro atoms. The molecule has 219 valence electrons. The zero-order valence-corrected chi connectivity index (χ0v) is 25.5. The number of hydrogen-bond acceptors (Lipinski definition) is 3. The van der Waals surface area contributed by atoms with Crippen molar-refractivity contribution in [3.05, 3.63) is 120 Å². The number of para-hydroxylation sites is 3. The first kappa shape index (κ1) is 23.9. The van der Waals surface area contributed by atoms with Gasteiger partial charge in [-0.25, -0.2) is 0 Å². The molecule has 1 N–H and O–H groups in total. The van der Waals surface area contributed by atoms with Crippen LogP contribution in [0.3, 0.4) is 0 Å². The van der Waals surface area contributed by atoms with Gasteiger partial charge in [-0.2, -0.15) is 0 Å². The Balaban J connectivity index is 1.19. The maximum Gasteiger partial charge on any atom is 0.197 e. The second-order valence-corrected chi connectivity index (χ2v) is 14.4. The van der Waals surface area contributed by atoms with Gasteiger partial charge in [0.15, 0.2) is 12.9 Å². The molecular formula is C42H26BN2O2. The lowest BCUT2D eigenvalue weighted by atomic mass is 9.57. The van der Waals surface area contributed by atoms with Gasteiger partial charge in [-0.15, -0.1) is 0 Å². The van der Waals surface area contributed by atoms with Crippen molar-refractivity contribution < 1.29 is 8.83 Å². The fourth-order valence-corrected chi connectivity index (χ4v) is 10.9. The van der Waals surface area contributed by atoms with E-state index in [-0.39, 0.29) is 5.41 Å². The summed E-state index contributed by atoms with van der Waals surface area (Å²) < 4.78 is 13.3. The van der Waals surface area contributed by atoms with Crippen LogP contribution in [0.15, 0.2) is 118 Å². The van der Waals surface area contributed by atoms with Crippen LogP contribution >= 0.6 is 0 Å². The first-order chi connectivity index (χ1) is 23.2. The fraction of sp³-hybridized carbons (Fsp3) is 0.143. The molecule has 0 bridgehead atoms. The van der Waals surface area contributed by atoms with Crippen LogP contribution in [0.5, 0.6) is 0 Å². The van der Waals surface area contributed by atoms with Gasteiger partial charge < -0.3 is 18.7 Å². The normalized spacial score (nSPS) is 25.6. The number of nitrogens with zero attached hydrogens (tertiary/aromatic N) is 1. The number of rotatable bonds is 1. The van der Waals surface area contributed by atoms with Gasteiger partial charge in [0.1, 0.15) is 16.7 Å². The summed E-state index contributed by atoms with van der Waals surface area (Å²) in [6.45, 7) is 2.54. The number of fused-ring (bicyclic) bond motifs is 10. The molecular weight excluding hydrogens is 575 g/mol. The minimum Gasteiger partial charge on any atom is -0.456 e. The molecule has 4 nitrogen and oxygen atoms in total. The fourth-order valence-electron chi connectivity index (χ4n) is 10.9. The van der Waals surface area contributed by atoms with Crippen LogP contribution in [-0.4, -0.2) is 18.3 Å². The molecule has 5 heteroatoms. The van der Waals surface area contributed by atoms with Gasteiger partial charge in [0.2, 0.25) is 0 Å². The molecule has 2 aliphatic carbocycles. The van der Waals surface area contributed by atoms with Crippen LogP contribution in [0.2, 0.25) is 0 Å². The second-order valence-electron chi connectivity index (χ2n) is 14.4. The van der Waals surface area contributed by atoms with E-state index < -0.39 is 0 Å². The predicted molar refractivity (Wildman–Crippen MR) is 191 cm³/mol. The summed E-state index contributed by atoms with van der Waals surface area (Å²) in [5, 5.41) is 4.76. The lowest BCUT2D eigenvalue weighted by Crippen LogP contribution is -2.50. The Morgan fingerprint density at radius 2 is 1.60 bits per heavy atom. The van der Waals surface area contributed by atoms with Crippen molar-refractivity contribution in [3.8, 4) is 11.1 Å². The van der Waals surface area contributed by atoms with Crippen LogP contribution in [0, 0.1) is 11.8 Å². The van der Waals surface area contributed by atoms with E-state index in [1.807, 2.05) is 12.1 Å². The summed E-state index contributed by atoms with van der Waals surface area (Å²) in [6, 6.07) is 31.3. The number of aromatic nitrogens is 1. The molecule has 0 amide bonds. The number of benzene rings is 5. The Morgan fingerprint density at radius 1 is 0.745 bits per heavy atom. The quantitative estimate of drug-likeness (QED) is 0.191. The highest BCUT2D eigenvalue weighted by molar-refractivity contribution is 6.74. The highest BCUT2D eigenvalue weighted by atomic mass is 16.3. The molecule has 5 unspecified atom stereocenters. The van der Waals surface area contributed by atoms with E-state index in [1.54, 1.807) is 0 Å². The van der Waals surface area contributed by atoms with E-state index in [2.05, 4.69) is 121 Å². The number of aromatic amines is 1. The van der Waals surface area contributed by atoms with E-state index in [1.165, 1.54) is 49.8 Å². The highest BCUT2D eigenvalue weighted by Gasteiger charge is 2.65. The predicted octanol–water partition coefficient (Wildman–Crippen LogP) is 8.85. The zero-order valence-electron chi connectivity index (χ0n) is 25.5. The summed E-state index contributed by atoms with van der Waals surface area (Å²) in [6.07, 6.45) is 9.54. The van der Waals surface area contributed by atoms with Gasteiger partial charge in [0.05, 0.1) is 22.5 Å². The summed E-state index contributed by atoms with van der Waals surface area (Å²) in [5.41, 5.74) is 16.3. The van der Waals surface area contributed by atoms with Crippen LogP contribution in [0.1, 0.15) is 24.0 Å². The third-order valence-corrected chi connectivity index (χ3v) is 12.6. The summed E-state index contributed by atoms with van der Waals surface area (Å²) in [5.74, 6) is 1.24. The van der Waals surface area contributed by atoms with E-state index in [0.717, 1.165) is 49.7 Å². The third kappa shape index (κ3) is 2.46. The highest BCUT2D eigenvalue weighted by Crippen LogP contribution is 2.68. The topological polar surface area (TPSA) is 45.3 Å². The number of hydrogen-bond donors (Lipinski definition) is 1. The molecule has 47 heavy (non-hydrogen) atoms. The number of furan rings is 2. The van der Waals surface area contributed by atoms with Crippen molar-refractivity contribution in [1.29, 1.82) is 0 Å². The molecule has 5 aromatic carbocycles. The van der Waals surface area contributed by atoms with Crippen molar-refractivity contribution >= 4 is 84.5 Å². The maximum absolute atomic E-state index is 6.88. The Kier molecular flexibility index (Phi) is 3.85. The zero-order chi connectivity index (χ0) is 30.3. The minimum atomic E-state index is -0.109. The van der Waals surface area contributed by atoms with E-state index in [4.69, 9.17) is 8.83 Å². The smallest absolute Gasteiger partial charge is 0.197 e. The molecule has 8 aromatic rings. The third-order valence-electron chi connectivity index (χ3n) is 12.6. The molecule has 0 saturated heterocycles. The first-order valence-corrected chi connectivity index (χ1v) is 16.8. The molecule has 1 saturated carbocycles. The molecule has 1 fully saturated rings.